The molecule has 11 rings (SSSR count). The topological polar surface area (TPSA) is 9.86 Å². The first-order valence-corrected chi connectivity index (χ1v) is 18.0. The molecule has 2 nitrogen and oxygen atoms in total. The summed E-state index contributed by atoms with van der Waals surface area (Å²) in [6.45, 7) is 0.411. The van der Waals surface area contributed by atoms with Crippen LogP contribution in [0.1, 0.15) is 0 Å². The minimum atomic E-state index is 0.411. The lowest BCUT2D eigenvalue weighted by molar-refractivity contribution is 0.926. The SMILES string of the molecule is C#CCn1c2ccccc2c2c(-c3c4ccccc4cc4ccccc34)c3c(c(-c4c5ccccc5cc5ccccc45)c21)c1ccccc1n3C#C. The predicted octanol–water partition coefficient (Wildman–Crippen LogP) is 12.9. The van der Waals surface area contributed by atoms with Crippen LogP contribution in [0.4, 0.5) is 0 Å². The maximum Gasteiger partial charge on any atom is 0.0841 e. The van der Waals surface area contributed by atoms with Gasteiger partial charge in [-0.1, -0.05) is 146 Å². The number of fused-ring (bicyclic) bond motifs is 10. The smallest absolute Gasteiger partial charge is 0.0841 e. The fourth-order valence-corrected chi connectivity index (χ4v) is 9.23. The number of hydrogen-bond donors (Lipinski definition) is 0. The van der Waals surface area contributed by atoms with Gasteiger partial charge in [0.25, 0.3) is 0 Å². The zero-order chi connectivity index (χ0) is 35.2. The third kappa shape index (κ3) is 3.96. The summed E-state index contributed by atoms with van der Waals surface area (Å²) in [4.78, 5) is 0. The van der Waals surface area contributed by atoms with E-state index in [-0.39, 0.29) is 0 Å². The second-order valence-corrected chi connectivity index (χ2v) is 13.9. The van der Waals surface area contributed by atoms with Crippen molar-refractivity contribution in [3.8, 4) is 47.1 Å². The van der Waals surface area contributed by atoms with Crippen molar-refractivity contribution in [2.75, 3.05) is 0 Å². The normalized spacial score (nSPS) is 11.8. The maximum atomic E-state index is 6.66. The van der Waals surface area contributed by atoms with Crippen molar-refractivity contribution in [3.63, 3.8) is 0 Å². The summed E-state index contributed by atoms with van der Waals surface area (Å²) in [5, 5.41) is 14.0. The Morgan fingerprint density at radius 1 is 0.396 bits per heavy atom. The molecule has 0 spiro atoms. The molecule has 0 saturated carbocycles. The van der Waals surface area contributed by atoms with Crippen LogP contribution in [0.2, 0.25) is 0 Å². The zero-order valence-corrected chi connectivity index (χ0v) is 28.8. The molecule has 2 heteroatoms. The summed E-state index contributed by atoms with van der Waals surface area (Å²) in [6, 6.07) is 60.1. The molecule has 0 fully saturated rings. The number of benzene rings is 9. The molecule has 0 amide bonds. The van der Waals surface area contributed by atoms with Crippen LogP contribution in [-0.2, 0) is 6.54 Å². The standard InChI is InChI=1S/C51H30N2/c1-3-29-53-43-28-16-14-26-41(43)47-48(44-36-21-9-5-17-32(36)30-33-18-6-10-22-37(33)44)50-46(40-25-13-15-27-42(40)52(50)4-2)49(51(47)53)45-38-23-11-7-19-34(38)31-35-20-8-12-24-39(35)45/h1-2,5-28,30-31H,29H2. The Hall–Kier alpha value is -7.26. The van der Waals surface area contributed by atoms with Crippen LogP contribution < -0.4 is 0 Å². The van der Waals surface area contributed by atoms with Crippen molar-refractivity contribution in [2.24, 2.45) is 0 Å². The van der Waals surface area contributed by atoms with Crippen molar-refractivity contribution in [1.29, 1.82) is 0 Å². The molecule has 9 aromatic carbocycles. The molecule has 0 unspecified atom stereocenters. The second kappa shape index (κ2) is 11.1. The summed E-state index contributed by atoms with van der Waals surface area (Å²) in [6.07, 6.45) is 13.0. The highest BCUT2D eigenvalue weighted by Crippen LogP contribution is 2.54. The molecule has 2 aromatic heterocycles. The van der Waals surface area contributed by atoms with E-state index >= 15 is 0 Å². The highest BCUT2D eigenvalue weighted by Gasteiger charge is 2.30. The van der Waals surface area contributed by atoms with Gasteiger partial charge in [-0.2, -0.15) is 0 Å². The van der Waals surface area contributed by atoms with Gasteiger partial charge in [0.1, 0.15) is 0 Å². The van der Waals surface area contributed by atoms with Gasteiger partial charge in [-0.15, -0.1) is 6.42 Å². The van der Waals surface area contributed by atoms with Gasteiger partial charge >= 0.3 is 0 Å². The van der Waals surface area contributed by atoms with Gasteiger partial charge in [-0.25, -0.2) is 0 Å². The first-order chi connectivity index (χ1) is 26.3. The number of aromatic nitrogens is 2. The van der Waals surface area contributed by atoms with Crippen LogP contribution >= 0.6 is 0 Å². The quantitative estimate of drug-likeness (QED) is 0.131. The average Bonchev–Trinajstić information content (AvgIpc) is 3.71. The first-order valence-electron chi connectivity index (χ1n) is 18.0. The number of hydrogen-bond acceptors (Lipinski definition) is 0. The van der Waals surface area contributed by atoms with E-state index in [2.05, 4.69) is 179 Å². The molecular weight excluding hydrogens is 641 g/mol. The van der Waals surface area contributed by atoms with Crippen molar-refractivity contribution in [1.82, 2.24) is 9.13 Å². The highest BCUT2D eigenvalue weighted by atomic mass is 15.0. The van der Waals surface area contributed by atoms with Gasteiger partial charge in [0.05, 0.1) is 28.6 Å². The third-order valence-corrected chi connectivity index (χ3v) is 11.2. The second-order valence-electron chi connectivity index (χ2n) is 13.9. The fraction of sp³-hybridized carbons (Fsp3) is 0.0196. The Bertz CT molecular complexity index is 3340. The Morgan fingerprint density at radius 3 is 1.25 bits per heavy atom. The van der Waals surface area contributed by atoms with E-state index in [4.69, 9.17) is 12.8 Å². The monoisotopic (exact) mass is 670 g/mol. The molecule has 0 atom stereocenters. The van der Waals surface area contributed by atoms with E-state index < -0.39 is 0 Å². The molecule has 0 saturated heterocycles. The van der Waals surface area contributed by atoms with Crippen molar-refractivity contribution >= 4 is 86.7 Å². The molecule has 0 aliphatic carbocycles. The largest absolute Gasteiger partial charge is 0.328 e. The van der Waals surface area contributed by atoms with Crippen LogP contribution in [0.3, 0.4) is 0 Å². The molecule has 0 bridgehead atoms. The minimum Gasteiger partial charge on any atom is -0.328 e. The summed E-state index contributed by atoms with van der Waals surface area (Å²) in [5.41, 5.74) is 8.87. The van der Waals surface area contributed by atoms with E-state index in [1.165, 1.54) is 54.2 Å². The van der Waals surface area contributed by atoms with Gasteiger partial charge in [-0.3, -0.25) is 4.57 Å². The molecule has 0 aliphatic rings. The average molecular weight is 671 g/mol. The van der Waals surface area contributed by atoms with E-state index in [9.17, 15) is 0 Å². The van der Waals surface area contributed by atoms with E-state index in [1.54, 1.807) is 0 Å². The molecule has 11 aromatic rings. The Labute approximate surface area is 306 Å². The fourth-order valence-electron chi connectivity index (χ4n) is 9.23. The Morgan fingerprint density at radius 2 is 0.774 bits per heavy atom. The molecule has 53 heavy (non-hydrogen) atoms. The highest BCUT2D eigenvalue weighted by molar-refractivity contribution is 6.37. The molecular formula is C51H30N2. The molecule has 0 aliphatic heterocycles. The lowest BCUT2D eigenvalue weighted by Crippen LogP contribution is -2.00. The summed E-state index contributed by atoms with van der Waals surface area (Å²) in [7, 11) is 0. The van der Waals surface area contributed by atoms with Crippen LogP contribution in [0.25, 0.3) is 109 Å². The van der Waals surface area contributed by atoms with Gasteiger partial charge in [0.15, 0.2) is 0 Å². The molecule has 0 radical (unpaired) electrons. The Balaban J connectivity index is 1.56. The van der Waals surface area contributed by atoms with Gasteiger partial charge in [0.2, 0.25) is 0 Å². The number of terminal acetylenes is 2. The van der Waals surface area contributed by atoms with E-state index in [1.807, 2.05) is 0 Å². The predicted molar refractivity (Wildman–Crippen MR) is 226 cm³/mol. The number of rotatable bonds is 3. The first kappa shape index (κ1) is 29.5. The summed E-state index contributed by atoms with van der Waals surface area (Å²) in [5.74, 6) is 3.05. The molecule has 244 valence electrons. The van der Waals surface area contributed by atoms with Crippen molar-refractivity contribution in [2.45, 2.75) is 6.54 Å². The van der Waals surface area contributed by atoms with Gasteiger partial charge in [0, 0.05) is 49.8 Å². The van der Waals surface area contributed by atoms with E-state index in [0.717, 1.165) is 54.7 Å². The van der Waals surface area contributed by atoms with Crippen LogP contribution in [0.5, 0.6) is 0 Å². The molecule has 0 N–H and O–H groups in total. The summed E-state index contributed by atoms with van der Waals surface area (Å²) >= 11 is 0. The molecule has 2 heterocycles. The van der Waals surface area contributed by atoms with Crippen LogP contribution in [-0.4, -0.2) is 9.13 Å². The maximum absolute atomic E-state index is 6.66. The van der Waals surface area contributed by atoms with Crippen LogP contribution in [0.15, 0.2) is 158 Å². The van der Waals surface area contributed by atoms with Gasteiger partial charge in [-0.05, 0) is 67.4 Å². The Kier molecular flexibility index (Phi) is 6.18. The zero-order valence-electron chi connectivity index (χ0n) is 28.8. The third-order valence-electron chi connectivity index (χ3n) is 11.2. The van der Waals surface area contributed by atoms with Crippen molar-refractivity contribution in [3.05, 3.63) is 158 Å². The number of para-hydroxylation sites is 2. The van der Waals surface area contributed by atoms with Crippen molar-refractivity contribution < 1.29 is 0 Å². The van der Waals surface area contributed by atoms with E-state index in [0.29, 0.717) is 6.54 Å². The summed E-state index contributed by atoms with van der Waals surface area (Å²) < 4.78 is 4.47. The lowest BCUT2D eigenvalue weighted by Gasteiger charge is -2.21. The van der Waals surface area contributed by atoms with Crippen LogP contribution in [0, 0.1) is 24.8 Å². The van der Waals surface area contributed by atoms with Gasteiger partial charge < -0.3 is 4.57 Å². The lowest BCUT2D eigenvalue weighted by atomic mass is 9.83. The number of nitrogens with zero attached hydrogens (tertiary/aromatic N) is 2. The minimum absolute atomic E-state index is 0.411.